The molecule has 1 aromatic carbocycles. The van der Waals surface area contributed by atoms with Crippen LogP contribution in [0.2, 0.25) is 0 Å². The van der Waals surface area contributed by atoms with E-state index in [9.17, 15) is 14.7 Å². The van der Waals surface area contributed by atoms with Crippen LogP contribution in [0.15, 0.2) is 53.0 Å². The van der Waals surface area contributed by atoms with Crippen molar-refractivity contribution in [2.24, 2.45) is 11.1 Å². The third kappa shape index (κ3) is 10.8. The number of allylic oxidation sites excluding steroid dienone is 4. The van der Waals surface area contributed by atoms with Crippen LogP contribution in [-0.4, -0.2) is 45.1 Å². The van der Waals surface area contributed by atoms with Crippen molar-refractivity contribution in [3.05, 3.63) is 77.1 Å². The maximum atomic E-state index is 12.7. The van der Waals surface area contributed by atoms with Gasteiger partial charge in [0.15, 0.2) is 0 Å². The average molecular weight is 592 g/mol. The normalized spacial score (nSPS) is 18.5. The number of carboxylic acids is 1. The summed E-state index contributed by atoms with van der Waals surface area (Å²) in [5.41, 5.74) is 8.28. The molecule has 0 bridgehead atoms. The van der Waals surface area contributed by atoms with Gasteiger partial charge in [-0.2, -0.15) is 0 Å². The second kappa shape index (κ2) is 15.2. The molecule has 1 amide bonds. The molecule has 3 N–H and O–H groups in total. The fourth-order valence-corrected chi connectivity index (χ4v) is 5.27. The topological polar surface area (TPSA) is 119 Å². The molecule has 1 aliphatic heterocycles. The Labute approximate surface area is 256 Å². The maximum Gasteiger partial charge on any atom is 0.326 e. The molecule has 1 saturated carbocycles. The lowest BCUT2D eigenvalue weighted by Crippen LogP contribution is -2.48. The molecule has 1 aliphatic carbocycles. The molecule has 0 radical (unpaired) electrons. The lowest BCUT2D eigenvalue weighted by molar-refractivity contribution is -0.149. The second-order valence-corrected chi connectivity index (χ2v) is 12.9. The Morgan fingerprint density at radius 2 is 1.88 bits per heavy atom. The highest BCUT2D eigenvalue weighted by Gasteiger charge is 2.34. The molecular formula is C35H49N3O5. The zero-order valence-corrected chi connectivity index (χ0v) is 26.7. The molecule has 8 heteroatoms. The fraction of sp³-hybridized carbons (Fsp3) is 0.514. The van der Waals surface area contributed by atoms with Crippen LogP contribution in [0, 0.1) is 12.3 Å². The van der Waals surface area contributed by atoms with Gasteiger partial charge in [0.1, 0.15) is 17.6 Å². The van der Waals surface area contributed by atoms with Crippen LogP contribution in [0.25, 0.3) is 6.08 Å². The van der Waals surface area contributed by atoms with Crippen molar-refractivity contribution < 1.29 is 23.8 Å². The van der Waals surface area contributed by atoms with E-state index >= 15 is 0 Å². The van der Waals surface area contributed by atoms with E-state index in [0.29, 0.717) is 24.7 Å². The number of hydrogen-bond donors (Lipinski definition) is 2. The van der Waals surface area contributed by atoms with Crippen molar-refractivity contribution in [3.8, 4) is 5.75 Å². The van der Waals surface area contributed by atoms with Crippen molar-refractivity contribution in [3.63, 3.8) is 0 Å². The largest absolute Gasteiger partial charge is 0.493 e. The molecule has 1 aromatic heterocycles. The minimum absolute atomic E-state index is 0. The van der Waals surface area contributed by atoms with Gasteiger partial charge in [-0.25, -0.2) is 9.78 Å². The molecule has 2 aromatic rings. The van der Waals surface area contributed by atoms with E-state index in [1.54, 1.807) is 12.2 Å². The number of rotatable bonds is 9. The average Bonchev–Trinajstić information content (AvgIpc) is 3.30. The first-order valence-corrected chi connectivity index (χ1v) is 15.3. The highest BCUT2D eigenvalue weighted by Crippen LogP contribution is 2.37. The number of amides is 1. The van der Waals surface area contributed by atoms with Gasteiger partial charge in [-0.05, 0) is 82.2 Å². The summed E-state index contributed by atoms with van der Waals surface area (Å²) in [4.78, 5) is 30.6. The number of aliphatic carboxylic acids is 1. The Balaban J connectivity index is 0.000000934. The molecule has 8 nitrogen and oxygen atoms in total. The number of oxazole rings is 1. The van der Waals surface area contributed by atoms with E-state index in [-0.39, 0.29) is 29.8 Å². The lowest BCUT2D eigenvalue weighted by Gasteiger charge is -2.34. The van der Waals surface area contributed by atoms with Gasteiger partial charge in [-0.15, -0.1) is 0 Å². The monoisotopic (exact) mass is 591 g/mol. The Hall–Kier alpha value is -3.65. The number of nitrogens with zero attached hydrogens (tertiary/aromatic N) is 2. The smallest absolute Gasteiger partial charge is 0.326 e. The molecule has 2 aliphatic rings. The Kier molecular flexibility index (Phi) is 12.0. The minimum atomic E-state index is -1.01. The first kappa shape index (κ1) is 33.8. The summed E-state index contributed by atoms with van der Waals surface area (Å²) < 4.78 is 11.9. The van der Waals surface area contributed by atoms with Crippen LogP contribution in [-0.2, 0) is 29.0 Å². The molecule has 2 heterocycles. The van der Waals surface area contributed by atoms with E-state index < -0.39 is 12.0 Å². The summed E-state index contributed by atoms with van der Waals surface area (Å²) in [5, 5.41) is 9.70. The molecular weight excluding hydrogens is 542 g/mol. The quantitative estimate of drug-likeness (QED) is 0.243. The van der Waals surface area contributed by atoms with Crippen molar-refractivity contribution in [2.45, 2.75) is 105 Å². The number of fused-ring (bicyclic) bond motifs is 1. The molecule has 234 valence electrons. The first-order valence-electron chi connectivity index (χ1n) is 15.3. The fourth-order valence-electron chi connectivity index (χ4n) is 5.27. The maximum absolute atomic E-state index is 12.7. The third-order valence-electron chi connectivity index (χ3n) is 7.56. The minimum Gasteiger partial charge on any atom is -0.493 e. The van der Waals surface area contributed by atoms with Gasteiger partial charge in [0.05, 0.1) is 12.3 Å². The Morgan fingerprint density at radius 3 is 2.53 bits per heavy atom. The number of aryl methyl sites for hydroxylation is 1. The zero-order chi connectivity index (χ0) is 31.6. The predicted octanol–water partition coefficient (Wildman–Crippen LogP) is 6.80. The van der Waals surface area contributed by atoms with E-state index in [1.165, 1.54) is 43.1 Å². The second-order valence-electron chi connectivity index (χ2n) is 12.9. The van der Waals surface area contributed by atoms with Gasteiger partial charge in [0.25, 0.3) is 0 Å². The number of benzene rings is 1. The number of carboxylic acid groups (broad SMARTS) is 1. The first-order chi connectivity index (χ1) is 20.3. The standard InChI is InChI=1S/C31H38N2O5.C4H11N/c1-4-5-7-10-29(34)33-21-24-19-25(12-11-23(24)20-27(33)30(35)36)37-18-14-26-22(2)38-28(32-26)13-17-31(3)15-8-6-9-16-31;1-4(2,3)5/h4-5,7,10-13,17,19,27H,6,8-9,14-16,18,20-21H2,1-3H3,(H,35,36);5H2,1-3H3/b5-4+,10-7+,17-13+;/t27-;/m0./s1. The Morgan fingerprint density at radius 1 is 1.19 bits per heavy atom. The highest BCUT2D eigenvalue weighted by atomic mass is 16.5. The number of nitrogens with two attached hydrogens (primary N) is 1. The number of ether oxygens (including phenoxy) is 1. The summed E-state index contributed by atoms with van der Waals surface area (Å²) in [6.45, 7) is 12.6. The number of aromatic nitrogens is 1. The zero-order valence-electron chi connectivity index (χ0n) is 26.7. The molecule has 4 rings (SSSR count). The van der Waals surface area contributed by atoms with Gasteiger partial charge < -0.3 is 24.9 Å². The molecule has 0 saturated heterocycles. The van der Waals surface area contributed by atoms with Crippen LogP contribution in [0.4, 0.5) is 0 Å². The number of carbonyl (C=O) groups excluding carboxylic acids is 1. The van der Waals surface area contributed by atoms with Crippen LogP contribution in [0.3, 0.4) is 0 Å². The number of carbonyl (C=O) groups is 2. The summed E-state index contributed by atoms with van der Waals surface area (Å²) in [6, 6.07) is 4.76. The highest BCUT2D eigenvalue weighted by molar-refractivity contribution is 5.92. The third-order valence-corrected chi connectivity index (χ3v) is 7.56. The van der Waals surface area contributed by atoms with E-state index in [1.807, 2.05) is 65.0 Å². The van der Waals surface area contributed by atoms with Crippen LogP contribution < -0.4 is 10.5 Å². The molecule has 1 fully saturated rings. The van der Waals surface area contributed by atoms with E-state index in [2.05, 4.69) is 18.0 Å². The van der Waals surface area contributed by atoms with Crippen LogP contribution in [0.1, 0.15) is 95.2 Å². The molecule has 0 unspecified atom stereocenters. The SMILES string of the molecule is C/C=C/C=C/C(=O)N1Cc2cc(OCCc3nc(/C=C/C4(C)CCCCC4)oc3C)ccc2C[C@H]1C(=O)O.CC(C)(C)N. The number of hydrogen-bond acceptors (Lipinski definition) is 6. The van der Waals surface area contributed by atoms with Crippen molar-refractivity contribution in [1.82, 2.24) is 9.88 Å². The predicted molar refractivity (Wildman–Crippen MR) is 171 cm³/mol. The summed E-state index contributed by atoms with van der Waals surface area (Å²) >= 11 is 0. The molecule has 0 spiro atoms. The Bertz CT molecular complexity index is 1320. The summed E-state index contributed by atoms with van der Waals surface area (Å²) in [7, 11) is 0. The molecule has 43 heavy (non-hydrogen) atoms. The molecule has 1 atom stereocenters. The van der Waals surface area contributed by atoms with E-state index in [4.69, 9.17) is 14.9 Å². The van der Waals surface area contributed by atoms with E-state index in [0.717, 1.165) is 22.6 Å². The van der Waals surface area contributed by atoms with Gasteiger partial charge in [0.2, 0.25) is 11.8 Å². The van der Waals surface area contributed by atoms with Crippen LogP contribution >= 0.6 is 0 Å². The van der Waals surface area contributed by atoms with Crippen molar-refractivity contribution in [1.29, 1.82) is 0 Å². The van der Waals surface area contributed by atoms with Gasteiger partial charge in [-0.3, -0.25) is 4.79 Å². The summed E-state index contributed by atoms with van der Waals surface area (Å²) in [6.07, 6.45) is 18.0. The lowest BCUT2D eigenvalue weighted by atomic mass is 9.75. The van der Waals surface area contributed by atoms with Gasteiger partial charge >= 0.3 is 5.97 Å². The van der Waals surface area contributed by atoms with Gasteiger partial charge in [-0.1, -0.05) is 56.6 Å². The van der Waals surface area contributed by atoms with Crippen molar-refractivity contribution in [2.75, 3.05) is 6.61 Å². The van der Waals surface area contributed by atoms with Gasteiger partial charge in [0, 0.05) is 31.0 Å². The van der Waals surface area contributed by atoms with Crippen LogP contribution in [0.5, 0.6) is 5.75 Å². The summed E-state index contributed by atoms with van der Waals surface area (Å²) in [5.74, 6) is 0.789. The van der Waals surface area contributed by atoms with Crippen molar-refractivity contribution >= 4 is 18.0 Å².